The van der Waals surface area contributed by atoms with Gasteiger partial charge in [-0.15, -0.1) is 0 Å². The second kappa shape index (κ2) is 6.72. The average Bonchev–Trinajstić information content (AvgIpc) is 2.57. The van der Waals surface area contributed by atoms with Gasteiger partial charge in [-0.25, -0.2) is 0 Å². The highest BCUT2D eigenvalue weighted by molar-refractivity contribution is 5.80. The molecule has 3 N–H and O–H groups in total. The third-order valence-electron chi connectivity index (χ3n) is 4.93. The Bertz CT molecular complexity index is 733. The molecule has 0 amide bonds. The van der Waals surface area contributed by atoms with Crippen molar-refractivity contribution in [3.8, 4) is 5.75 Å². The van der Waals surface area contributed by atoms with Gasteiger partial charge in [0.2, 0.25) is 0 Å². The number of aliphatic hydroxyl groups excluding tert-OH is 1. The van der Waals surface area contributed by atoms with Crippen LogP contribution in [0.4, 0.5) is 0 Å². The first-order chi connectivity index (χ1) is 11.1. The van der Waals surface area contributed by atoms with Crippen molar-refractivity contribution in [2.45, 2.75) is 44.4 Å². The molecule has 2 aromatic rings. The molecule has 3 rings (SSSR count). The Kier molecular flexibility index (Phi) is 4.68. The fourth-order valence-corrected chi connectivity index (χ4v) is 3.45. The largest absolute Gasteiger partial charge is 0.497 e. The van der Waals surface area contributed by atoms with Crippen LogP contribution in [-0.4, -0.2) is 28.9 Å². The van der Waals surface area contributed by atoms with Crippen molar-refractivity contribution in [2.75, 3.05) is 7.11 Å². The monoisotopic (exact) mass is 316 g/mol. The van der Waals surface area contributed by atoms with E-state index in [-0.39, 0.29) is 17.5 Å². The molecule has 0 radical (unpaired) electrons. The molecular formula is C18H24N2O3. The van der Waals surface area contributed by atoms with Crippen molar-refractivity contribution >= 4 is 10.9 Å². The summed E-state index contributed by atoms with van der Waals surface area (Å²) in [6, 6.07) is 9.26. The fourth-order valence-electron chi connectivity index (χ4n) is 3.45. The van der Waals surface area contributed by atoms with Crippen molar-refractivity contribution in [3.05, 3.63) is 40.7 Å². The molecule has 5 nitrogen and oxygen atoms in total. The van der Waals surface area contributed by atoms with Crippen molar-refractivity contribution in [1.82, 2.24) is 4.57 Å². The van der Waals surface area contributed by atoms with Crippen LogP contribution in [0, 0.1) is 5.92 Å². The fraction of sp³-hybridized carbons (Fsp3) is 0.500. The van der Waals surface area contributed by atoms with Gasteiger partial charge in [-0.2, -0.15) is 0 Å². The van der Waals surface area contributed by atoms with Gasteiger partial charge in [0.1, 0.15) is 5.75 Å². The second-order valence-corrected chi connectivity index (χ2v) is 6.45. The van der Waals surface area contributed by atoms with E-state index < -0.39 is 6.10 Å². The number of aromatic nitrogens is 1. The molecular weight excluding hydrogens is 292 g/mol. The quantitative estimate of drug-likeness (QED) is 0.903. The molecule has 0 aliphatic heterocycles. The molecule has 1 atom stereocenters. The van der Waals surface area contributed by atoms with Crippen LogP contribution in [0.1, 0.15) is 25.7 Å². The topological polar surface area (TPSA) is 77.5 Å². The number of hydrogen-bond acceptors (Lipinski definition) is 4. The molecule has 1 heterocycles. The Labute approximate surface area is 135 Å². The summed E-state index contributed by atoms with van der Waals surface area (Å²) in [5, 5.41) is 11.6. The van der Waals surface area contributed by atoms with Crippen LogP contribution in [0.15, 0.2) is 35.1 Å². The number of ether oxygens (including phenoxy) is 1. The van der Waals surface area contributed by atoms with Gasteiger partial charge in [0.05, 0.1) is 25.3 Å². The summed E-state index contributed by atoms with van der Waals surface area (Å²) in [5.74, 6) is 0.914. The number of nitrogens with zero attached hydrogens (tertiary/aromatic N) is 1. The van der Waals surface area contributed by atoms with Gasteiger partial charge in [-0.3, -0.25) is 4.79 Å². The van der Waals surface area contributed by atoms with Crippen LogP contribution in [0.5, 0.6) is 5.75 Å². The van der Waals surface area contributed by atoms with Crippen molar-refractivity contribution in [3.63, 3.8) is 0 Å². The lowest BCUT2D eigenvalue weighted by molar-refractivity contribution is 0.0668. The molecule has 0 bridgehead atoms. The van der Waals surface area contributed by atoms with Crippen molar-refractivity contribution in [1.29, 1.82) is 0 Å². The third kappa shape index (κ3) is 3.41. The van der Waals surface area contributed by atoms with Gasteiger partial charge in [-0.1, -0.05) is 0 Å². The molecule has 1 aromatic carbocycles. The van der Waals surface area contributed by atoms with Crippen LogP contribution in [0.25, 0.3) is 10.9 Å². The predicted molar refractivity (Wildman–Crippen MR) is 90.7 cm³/mol. The summed E-state index contributed by atoms with van der Waals surface area (Å²) in [6.45, 7) is 0.309. The average molecular weight is 316 g/mol. The molecule has 23 heavy (non-hydrogen) atoms. The van der Waals surface area contributed by atoms with Crippen LogP contribution >= 0.6 is 0 Å². The highest BCUT2D eigenvalue weighted by atomic mass is 16.5. The summed E-state index contributed by atoms with van der Waals surface area (Å²) in [6.07, 6.45) is 3.20. The van der Waals surface area contributed by atoms with Crippen LogP contribution in [0.2, 0.25) is 0 Å². The summed E-state index contributed by atoms with van der Waals surface area (Å²) < 4.78 is 6.91. The van der Waals surface area contributed by atoms with E-state index in [1.54, 1.807) is 23.8 Å². The number of nitrogens with two attached hydrogens (primary N) is 1. The first-order valence-corrected chi connectivity index (χ1v) is 8.19. The van der Waals surface area contributed by atoms with E-state index in [0.29, 0.717) is 12.3 Å². The highest BCUT2D eigenvalue weighted by Crippen LogP contribution is 2.27. The molecule has 124 valence electrons. The zero-order valence-electron chi connectivity index (χ0n) is 13.4. The Morgan fingerprint density at radius 2 is 1.96 bits per heavy atom. The van der Waals surface area contributed by atoms with Gasteiger partial charge >= 0.3 is 0 Å². The van der Waals surface area contributed by atoms with Gasteiger partial charge in [-0.05, 0) is 55.2 Å². The van der Waals surface area contributed by atoms with E-state index in [9.17, 15) is 9.90 Å². The molecule has 0 saturated heterocycles. The minimum Gasteiger partial charge on any atom is -0.497 e. The number of fused-ring (bicyclic) bond motifs is 1. The standard InChI is InChI=1S/C18H24N2O3/c1-23-15-8-4-12-5-9-18(22)20(16(12)10-15)11-17(21)13-2-6-14(19)7-3-13/h4-5,8-10,13-14,17,21H,2-3,6-7,11,19H2,1H3. The lowest BCUT2D eigenvalue weighted by atomic mass is 9.83. The second-order valence-electron chi connectivity index (χ2n) is 6.45. The van der Waals surface area contributed by atoms with Gasteiger partial charge in [0.25, 0.3) is 5.56 Å². The van der Waals surface area contributed by atoms with Gasteiger partial charge in [0, 0.05) is 18.2 Å². The number of aliphatic hydroxyl groups is 1. The molecule has 1 aromatic heterocycles. The first-order valence-electron chi connectivity index (χ1n) is 8.19. The summed E-state index contributed by atoms with van der Waals surface area (Å²) in [5.41, 5.74) is 6.62. The number of pyridine rings is 1. The molecule has 1 aliphatic carbocycles. The number of methoxy groups -OCH3 is 1. The molecule has 1 unspecified atom stereocenters. The molecule has 1 fully saturated rings. The van der Waals surface area contributed by atoms with Crippen molar-refractivity contribution < 1.29 is 9.84 Å². The number of benzene rings is 1. The first kappa shape index (κ1) is 16.0. The van der Waals surface area contributed by atoms with E-state index in [1.807, 2.05) is 18.2 Å². The van der Waals surface area contributed by atoms with Gasteiger partial charge in [0.15, 0.2) is 0 Å². The predicted octanol–water partition coefficient (Wildman–Crippen LogP) is 1.89. The number of rotatable bonds is 4. The smallest absolute Gasteiger partial charge is 0.251 e. The summed E-state index contributed by atoms with van der Waals surface area (Å²) in [4.78, 5) is 12.3. The Hall–Kier alpha value is -1.85. The van der Waals surface area contributed by atoms with E-state index in [0.717, 1.165) is 36.6 Å². The third-order valence-corrected chi connectivity index (χ3v) is 4.93. The maximum absolute atomic E-state index is 12.3. The van der Waals surface area contributed by atoms with Crippen LogP contribution in [-0.2, 0) is 6.54 Å². The van der Waals surface area contributed by atoms with Crippen LogP contribution in [0.3, 0.4) is 0 Å². The summed E-state index contributed by atoms with van der Waals surface area (Å²) in [7, 11) is 1.60. The van der Waals surface area contributed by atoms with Crippen LogP contribution < -0.4 is 16.0 Å². The maximum Gasteiger partial charge on any atom is 0.251 e. The molecule has 5 heteroatoms. The van der Waals surface area contributed by atoms with E-state index >= 15 is 0 Å². The highest BCUT2D eigenvalue weighted by Gasteiger charge is 2.25. The minimum absolute atomic E-state index is 0.0997. The molecule has 1 saturated carbocycles. The minimum atomic E-state index is -0.531. The Morgan fingerprint density at radius 3 is 2.65 bits per heavy atom. The Balaban J connectivity index is 1.89. The zero-order valence-corrected chi connectivity index (χ0v) is 13.4. The lowest BCUT2D eigenvalue weighted by Crippen LogP contribution is -2.36. The van der Waals surface area contributed by atoms with Gasteiger partial charge < -0.3 is 20.1 Å². The normalized spacial score (nSPS) is 22.9. The number of hydrogen-bond donors (Lipinski definition) is 2. The van der Waals surface area contributed by atoms with E-state index in [2.05, 4.69) is 0 Å². The van der Waals surface area contributed by atoms with E-state index in [4.69, 9.17) is 10.5 Å². The summed E-state index contributed by atoms with van der Waals surface area (Å²) >= 11 is 0. The lowest BCUT2D eigenvalue weighted by Gasteiger charge is -2.30. The molecule has 1 aliphatic rings. The van der Waals surface area contributed by atoms with E-state index in [1.165, 1.54) is 0 Å². The maximum atomic E-state index is 12.3. The van der Waals surface area contributed by atoms with Crippen molar-refractivity contribution in [2.24, 2.45) is 11.7 Å². The SMILES string of the molecule is COc1ccc2ccc(=O)n(CC(O)C3CCC(N)CC3)c2c1. The molecule has 0 spiro atoms. The Morgan fingerprint density at radius 1 is 1.26 bits per heavy atom. The zero-order chi connectivity index (χ0) is 16.4.